The van der Waals surface area contributed by atoms with E-state index >= 15 is 4.39 Å². The van der Waals surface area contributed by atoms with Gasteiger partial charge in [0, 0.05) is 74.2 Å². The van der Waals surface area contributed by atoms with E-state index in [-0.39, 0.29) is 114 Å². The van der Waals surface area contributed by atoms with Gasteiger partial charge in [-0.1, -0.05) is 51.1 Å². The third kappa shape index (κ3) is 19.9. The van der Waals surface area contributed by atoms with Crippen LogP contribution >= 0.6 is 11.8 Å². The molecule has 4 rings (SSSR count). The van der Waals surface area contributed by atoms with Crippen LogP contribution in [0.25, 0.3) is 11.1 Å². The van der Waals surface area contributed by atoms with E-state index in [9.17, 15) is 48.2 Å². The highest BCUT2D eigenvalue weighted by atomic mass is 32.2. The van der Waals surface area contributed by atoms with Crippen molar-refractivity contribution in [1.29, 1.82) is 0 Å². The quantitative estimate of drug-likeness (QED) is 0.0421. The number of halogens is 2. The third-order valence-corrected chi connectivity index (χ3v) is 12.1. The summed E-state index contributed by atoms with van der Waals surface area (Å²) in [5.74, 6) is -5.85. The molecule has 1 aliphatic rings. The second-order valence-corrected chi connectivity index (χ2v) is 18.8. The van der Waals surface area contributed by atoms with Crippen LogP contribution in [0.4, 0.5) is 8.78 Å². The fourth-order valence-electron chi connectivity index (χ4n) is 7.52. The summed E-state index contributed by atoms with van der Waals surface area (Å²) in [7, 11) is 0. The highest BCUT2D eigenvalue weighted by Crippen LogP contribution is 2.41. The Hall–Kier alpha value is -6.04. The van der Waals surface area contributed by atoms with E-state index < -0.39 is 64.8 Å². The first kappa shape index (κ1) is 58.5. The zero-order valence-corrected chi connectivity index (χ0v) is 41.7. The lowest BCUT2D eigenvalue weighted by molar-refractivity contribution is -0.142. The number of hydrogen-bond acceptors (Lipinski definition) is 13. The van der Waals surface area contributed by atoms with Crippen molar-refractivity contribution in [2.24, 2.45) is 11.1 Å². The molecule has 0 bridgehead atoms. The van der Waals surface area contributed by atoms with Crippen LogP contribution in [0.5, 0.6) is 0 Å². The van der Waals surface area contributed by atoms with Gasteiger partial charge < -0.3 is 55.0 Å². The van der Waals surface area contributed by atoms with E-state index in [1.54, 1.807) is 17.2 Å². The maximum absolute atomic E-state index is 15.2. The van der Waals surface area contributed by atoms with Crippen LogP contribution in [0.15, 0.2) is 72.9 Å². The SMILES string of the molecule is CC(C)(C)[C@H](c1cc(-c2cc(F)ccc2F)cn1Cc1ccccc1)N(CC[C@H](N)C(=O)O)C(=O)CSCCC(NC(=O)CCOCCOCCOCCOCCNC(=O)CCN1C(=O)C=CC1=O)C(=O)O. The molecule has 0 aliphatic carbocycles. The first-order chi connectivity index (χ1) is 34.3. The van der Waals surface area contributed by atoms with Gasteiger partial charge in [-0.2, -0.15) is 11.8 Å². The molecular weight excluding hydrogens is 963 g/mol. The number of carboxylic acid groups (broad SMARTS) is 2. The van der Waals surface area contributed by atoms with Crippen molar-refractivity contribution in [2.45, 2.75) is 71.1 Å². The van der Waals surface area contributed by atoms with Gasteiger partial charge in [0.2, 0.25) is 17.7 Å². The lowest BCUT2D eigenvalue weighted by Gasteiger charge is -2.41. The first-order valence-corrected chi connectivity index (χ1v) is 24.7. The number of aromatic nitrogens is 1. The zero-order chi connectivity index (χ0) is 52.6. The van der Waals surface area contributed by atoms with E-state index in [2.05, 4.69) is 10.6 Å². The largest absolute Gasteiger partial charge is 0.480 e. The highest BCUT2D eigenvalue weighted by molar-refractivity contribution is 7.99. The molecule has 3 aromatic rings. The molecule has 394 valence electrons. The van der Waals surface area contributed by atoms with Crippen LogP contribution in [-0.4, -0.2) is 162 Å². The molecule has 0 saturated carbocycles. The van der Waals surface area contributed by atoms with E-state index in [0.29, 0.717) is 31.0 Å². The number of benzene rings is 2. The molecule has 5 amide bonds. The molecule has 1 unspecified atom stereocenters. The molecule has 2 aromatic carbocycles. The van der Waals surface area contributed by atoms with Gasteiger partial charge in [0.15, 0.2) is 0 Å². The minimum absolute atomic E-state index is 0.00473. The first-order valence-electron chi connectivity index (χ1n) is 23.5. The normalized spacial score (nSPS) is 13.8. The minimum Gasteiger partial charge on any atom is -0.480 e. The zero-order valence-electron chi connectivity index (χ0n) is 40.9. The number of nitrogens with zero attached hydrogens (tertiary/aromatic N) is 3. The molecule has 0 spiro atoms. The molecular formula is C50H66F2N6O13S. The summed E-state index contributed by atoms with van der Waals surface area (Å²) < 4.78 is 53.3. The van der Waals surface area contributed by atoms with Gasteiger partial charge in [-0.25, -0.2) is 13.6 Å². The van der Waals surface area contributed by atoms with E-state index in [1.165, 1.54) is 0 Å². The Balaban J connectivity index is 1.19. The van der Waals surface area contributed by atoms with Crippen molar-refractivity contribution in [3.63, 3.8) is 0 Å². The number of carbonyl (C=O) groups is 7. The van der Waals surface area contributed by atoms with Crippen LogP contribution < -0.4 is 16.4 Å². The standard InChI is InChI=1S/C50H66F2N6O13S/c1-50(2,3)47(41-29-35(37-30-36(51)9-10-38(37)52)32-56(41)31-34-7-5-4-6-8-34)58(18-13-39(53)48(64)65)46(63)33-72-28-16-40(49(66)67)55-43(60)15-20-68-22-24-70-26-27-71-25-23-69-21-17-54-42(59)14-19-57-44(61)11-12-45(57)62/h4-12,29-30,32,39-40,47H,13-28,31,33,53H2,1-3H3,(H,54,59)(H,55,60)(H,64,65)(H,66,67)/t39-,40?,47-/m0/s1. The Labute approximate surface area is 421 Å². The lowest BCUT2D eigenvalue weighted by atomic mass is 9.82. The van der Waals surface area contributed by atoms with Gasteiger partial charge in [-0.15, -0.1) is 0 Å². The Bertz CT molecular complexity index is 2290. The number of rotatable bonds is 34. The molecule has 0 radical (unpaired) electrons. The summed E-state index contributed by atoms with van der Waals surface area (Å²) in [5.41, 5.74) is 7.13. The maximum atomic E-state index is 15.2. The minimum atomic E-state index is -1.28. The fourth-order valence-corrected chi connectivity index (χ4v) is 8.41. The second-order valence-electron chi connectivity index (χ2n) is 17.7. The van der Waals surface area contributed by atoms with Crippen molar-refractivity contribution in [2.75, 3.05) is 84.0 Å². The fraction of sp³-hybridized carbons (Fsp3) is 0.500. The van der Waals surface area contributed by atoms with E-state index in [1.807, 2.05) is 55.7 Å². The number of imide groups is 1. The van der Waals surface area contributed by atoms with Crippen molar-refractivity contribution >= 4 is 53.2 Å². The number of thioether (sulfide) groups is 1. The Morgan fingerprint density at radius 3 is 2.03 bits per heavy atom. The van der Waals surface area contributed by atoms with Gasteiger partial charge in [-0.3, -0.25) is 33.7 Å². The summed E-state index contributed by atoms with van der Waals surface area (Å²) in [6.07, 6.45) is 3.81. The molecule has 19 nitrogen and oxygen atoms in total. The van der Waals surface area contributed by atoms with Gasteiger partial charge >= 0.3 is 11.9 Å². The predicted molar refractivity (Wildman–Crippen MR) is 262 cm³/mol. The summed E-state index contributed by atoms with van der Waals surface area (Å²) in [6.45, 7) is 8.06. The van der Waals surface area contributed by atoms with Gasteiger partial charge in [0.05, 0.1) is 64.6 Å². The molecule has 0 saturated heterocycles. The van der Waals surface area contributed by atoms with Gasteiger partial charge in [-0.05, 0) is 53.8 Å². The third-order valence-electron chi connectivity index (χ3n) is 11.1. The number of carboxylic acids is 2. The Morgan fingerprint density at radius 1 is 0.792 bits per heavy atom. The predicted octanol–water partition coefficient (Wildman–Crippen LogP) is 3.78. The van der Waals surface area contributed by atoms with Gasteiger partial charge in [0.1, 0.15) is 23.7 Å². The molecule has 3 atom stereocenters. The number of nitrogens with two attached hydrogens (primary N) is 1. The van der Waals surface area contributed by atoms with E-state index in [0.717, 1.165) is 52.6 Å². The topological polar surface area (TPSA) is 258 Å². The number of ether oxygens (including phenoxy) is 4. The number of amides is 5. The second kappa shape index (κ2) is 30.1. The summed E-state index contributed by atoms with van der Waals surface area (Å²) in [4.78, 5) is 88.4. The number of nitrogens with one attached hydrogen (secondary N) is 2. The molecule has 1 aliphatic heterocycles. The smallest absolute Gasteiger partial charge is 0.326 e. The number of aliphatic carboxylic acids is 2. The Morgan fingerprint density at radius 2 is 1.42 bits per heavy atom. The van der Waals surface area contributed by atoms with Crippen LogP contribution in [0.1, 0.15) is 63.8 Å². The van der Waals surface area contributed by atoms with E-state index in [4.69, 9.17) is 24.7 Å². The highest BCUT2D eigenvalue weighted by Gasteiger charge is 2.38. The average Bonchev–Trinajstić information content (AvgIpc) is 3.89. The molecule has 72 heavy (non-hydrogen) atoms. The van der Waals surface area contributed by atoms with Crippen LogP contribution in [0.2, 0.25) is 0 Å². The Kier molecular flexibility index (Phi) is 24.5. The van der Waals surface area contributed by atoms with Crippen molar-refractivity contribution < 1.29 is 71.5 Å². The van der Waals surface area contributed by atoms with Crippen molar-refractivity contribution in [1.82, 2.24) is 25.0 Å². The maximum Gasteiger partial charge on any atom is 0.326 e. The lowest BCUT2D eigenvalue weighted by Crippen LogP contribution is -2.45. The monoisotopic (exact) mass is 1030 g/mol. The summed E-state index contributed by atoms with van der Waals surface area (Å²) >= 11 is 1.15. The molecule has 1 aromatic heterocycles. The van der Waals surface area contributed by atoms with Crippen LogP contribution in [0, 0.1) is 17.0 Å². The average molecular weight is 1030 g/mol. The van der Waals surface area contributed by atoms with Crippen LogP contribution in [0.3, 0.4) is 0 Å². The van der Waals surface area contributed by atoms with Crippen LogP contribution in [-0.2, 0) is 59.1 Å². The summed E-state index contributed by atoms with van der Waals surface area (Å²) in [5, 5.41) is 24.7. The molecule has 22 heteroatoms. The number of carbonyl (C=O) groups excluding carboxylic acids is 5. The van der Waals surface area contributed by atoms with Crippen molar-refractivity contribution in [3.05, 3.63) is 95.8 Å². The summed E-state index contributed by atoms with van der Waals surface area (Å²) in [6, 6.07) is 11.1. The van der Waals surface area contributed by atoms with Crippen molar-refractivity contribution in [3.8, 4) is 11.1 Å². The number of hydrogen-bond donors (Lipinski definition) is 5. The molecule has 0 fully saturated rings. The van der Waals surface area contributed by atoms with Gasteiger partial charge in [0.25, 0.3) is 11.8 Å². The molecule has 6 N–H and O–H groups in total. The molecule has 2 heterocycles.